The fraction of sp³-hybridized carbons (Fsp3) is 0.250. The van der Waals surface area contributed by atoms with Crippen molar-refractivity contribution in [1.82, 2.24) is 4.98 Å². The zero-order chi connectivity index (χ0) is 10.0. The number of aromatic carboxylic acids is 1. The van der Waals surface area contributed by atoms with E-state index in [9.17, 15) is 4.79 Å². The Morgan fingerprint density at radius 1 is 1.69 bits per heavy atom. The predicted molar refractivity (Wildman–Crippen MR) is 46.9 cm³/mol. The zero-order valence-electron chi connectivity index (χ0n) is 7.37. The Labute approximate surface area is 75.2 Å². The molecular formula is C8H10N2O3. The van der Waals surface area contributed by atoms with Crippen LogP contribution in [0.4, 0.5) is 5.82 Å². The first kappa shape index (κ1) is 9.31. The Kier molecular flexibility index (Phi) is 2.36. The highest BCUT2D eigenvalue weighted by Crippen LogP contribution is 2.21. The van der Waals surface area contributed by atoms with Gasteiger partial charge in [-0.25, -0.2) is 4.79 Å². The van der Waals surface area contributed by atoms with E-state index in [1.54, 1.807) is 6.92 Å². The fourth-order valence-corrected chi connectivity index (χ4v) is 1.08. The van der Waals surface area contributed by atoms with Crippen LogP contribution in [0.3, 0.4) is 0 Å². The Bertz CT molecular complexity index is 349. The molecular weight excluding hydrogens is 172 g/mol. The first-order valence-electron chi connectivity index (χ1n) is 3.60. The molecule has 0 spiro atoms. The molecule has 0 saturated heterocycles. The number of nitrogens with zero attached hydrogens (tertiary/aromatic N) is 1. The summed E-state index contributed by atoms with van der Waals surface area (Å²) in [5.41, 5.74) is 6.01. The van der Waals surface area contributed by atoms with E-state index in [1.807, 2.05) is 0 Å². The van der Waals surface area contributed by atoms with Crippen LogP contribution in [0, 0.1) is 6.92 Å². The second kappa shape index (κ2) is 3.30. The van der Waals surface area contributed by atoms with Gasteiger partial charge >= 0.3 is 5.97 Å². The maximum absolute atomic E-state index is 10.8. The summed E-state index contributed by atoms with van der Waals surface area (Å²) in [6.45, 7) is 1.64. The van der Waals surface area contributed by atoms with Crippen molar-refractivity contribution < 1.29 is 14.6 Å². The van der Waals surface area contributed by atoms with Gasteiger partial charge in [0.1, 0.15) is 11.4 Å². The van der Waals surface area contributed by atoms with Crippen molar-refractivity contribution in [3.05, 3.63) is 17.2 Å². The lowest BCUT2D eigenvalue weighted by Gasteiger charge is -2.07. The van der Waals surface area contributed by atoms with Crippen LogP contribution in [0.15, 0.2) is 6.07 Å². The lowest BCUT2D eigenvalue weighted by Crippen LogP contribution is -2.06. The summed E-state index contributed by atoms with van der Waals surface area (Å²) in [5, 5.41) is 8.81. The molecule has 0 aliphatic rings. The summed E-state index contributed by atoms with van der Waals surface area (Å²) in [6, 6.07) is 1.49. The molecule has 0 unspecified atom stereocenters. The first-order valence-corrected chi connectivity index (χ1v) is 3.60. The van der Waals surface area contributed by atoms with Gasteiger partial charge in [0, 0.05) is 0 Å². The van der Waals surface area contributed by atoms with E-state index in [0.29, 0.717) is 5.56 Å². The van der Waals surface area contributed by atoms with Gasteiger partial charge in [-0.1, -0.05) is 0 Å². The number of aryl methyl sites for hydroxylation is 1. The van der Waals surface area contributed by atoms with E-state index in [-0.39, 0.29) is 17.3 Å². The number of nitrogens with two attached hydrogens (primary N) is 1. The number of aromatic nitrogens is 1. The maximum atomic E-state index is 10.8. The minimum Gasteiger partial charge on any atom is -0.480 e. The van der Waals surface area contributed by atoms with Crippen molar-refractivity contribution in [2.75, 3.05) is 12.8 Å². The van der Waals surface area contributed by atoms with Crippen LogP contribution < -0.4 is 10.5 Å². The smallest absolute Gasteiger partial charge is 0.341 e. The lowest BCUT2D eigenvalue weighted by atomic mass is 10.1. The third-order valence-electron chi connectivity index (χ3n) is 1.61. The minimum absolute atomic E-state index is 0.0463. The monoisotopic (exact) mass is 182 g/mol. The Morgan fingerprint density at radius 2 is 2.31 bits per heavy atom. The minimum atomic E-state index is -1.07. The summed E-state index contributed by atoms with van der Waals surface area (Å²) in [7, 11) is 1.35. The number of carboxylic acids is 1. The second-order valence-corrected chi connectivity index (χ2v) is 2.55. The number of hydrogen-bond donors (Lipinski definition) is 2. The van der Waals surface area contributed by atoms with E-state index < -0.39 is 5.97 Å². The number of hydrogen-bond acceptors (Lipinski definition) is 4. The molecule has 1 aromatic heterocycles. The molecule has 0 amide bonds. The molecule has 0 aliphatic heterocycles. The number of anilines is 1. The summed E-state index contributed by atoms with van der Waals surface area (Å²) in [5.74, 6) is -0.772. The lowest BCUT2D eigenvalue weighted by molar-refractivity contribution is 0.0691. The molecule has 13 heavy (non-hydrogen) atoms. The van der Waals surface area contributed by atoms with Crippen LogP contribution in [0.5, 0.6) is 5.88 Å². The molecule has 0 fully saturated rings. The molecule has 70 valence electrons. The Morgan fingerprint density at radius 3 is 2.77 bits per heavy atom. The van der Waals surface area contributed by atoms with Crippen LogP contribution in [0.25, 0.3) is 0 Å². The van der Waals surface area contributed by atoms with Gasteiger partial charge in [0.05, 0.1) is 7.11 Å². The normalized spacial score (nSPS) is 9.69. The van der Waals surface area contributed by atoms with Gasteiger partial charge < -0.3 is 15.6 Å². The highest BCUT2D eigenvalue weighted by atomic mass is 16.5. The summed E-state index contributed by atoms with van der Waals surface area (Å²) in [6.07, 6.45) is 0. The largest absolute Gasteiger partial charge is 0.480 e. The highest BCUT2D eigenvalue weighted by molar-refractivity contribution is 5.92. The van der Waals surface area contributed by atoms with E-state index in [0.717, 1.165) is 0 Å². The molecule has 1 heterocycles. The highest BCUT2D eigenvalue weighted by Gasteiger charge is 2.15. The zero-order valence-corrected chi connectivity index (χ0v) is 7.37. The van der Waals surface area contributed by atoms with E-state index in [1.165, 1.54) is 13.2 Å². The fourth-order valence-electron chi connectivity index (χ4n) is 1.08. The van der Waals surface area contributed by atoms with Crippen molar-refractivity contribution in [3.63, 3.8) is 0 Å². The third kappa shape index (κ3) is 1.69. The van der Waals surface area contributed by atoms with E-state index >= 15 is 0 Å². The van der Waals surface area contributed by atoms with Crippen LogP contribution in [-0.2, 0) is 0 Å². The molecule has 5 nitrogen and oxygen atoms in total. The maximum Gasteiger partial charge on any atom is 0.341 e. The van der Waals surface area contributed by atoms with Crippen molar-refractivity contribution in [2.45, 2.75) is 6.92 Å². The van der Waals surface area contributed by atoms with Gasteiger partial charge in [0.15, 0.2) is 0 Å². The molecule has 0 bridgehead atoms. The summed E-state index contributed by atoms with van der Waals surface area (Å²) in [4.78, 5) is 14.5. The molecule has 0 aliphatic carbocycles. The van der Waals surface area contributed by atoms with E-state index in [2.05, 4.69) is 4.98 Å². The van der Waals surface area contributed by atoms with Crippen molar-refractivity contribution in [1.29, 1.82) is 0 Å². The number of ether oxygens (including phenoxy) is 1. The average molecular weight is 182 g/mol. The van der Waals surface area contributed by atoms with Crippen molar-refractivity contribution >= 4 is 11.8 Å². The molecule has 0 radical (unpaired) electrons. The van der Waals surface area contributed by atoms with Gasteiger partial charge in [-0.15, -0.1) is 0 Å². The number of pyridine rings is 1. The Hall–Kier alpha value is -1.78. The Balaban J connectivity index is 3.38. The number of nitrogen functional groups attached to an aromatic ring is 1. The molecule has 3 N–H and O–H groups in total. The van der Waals surface area contributed by atoms with Gasteiger partial charge in [0.2, 0.25) is 5.88 Å². The first-order chi connectivity index (χ1) is 6.06. The number of rotatable bonds is 2. The van der Waals surface area contributed by atoms with Crippen LogP contribution in [0.2, 0.25) is 0 Å². The topological polar surface area (TPSA) is 85.4 Å². The van der Waals surface area contributed by atoms with Crippen LogP contribution in [-0.4, -0.2) is 23.2 Å². The van der Waals surface area contributed by atoms with Gasteiger partial charge in [0.25, 0.3) is 0 Å². The third-order valence-corrected chi connectivity index (χ3v) is 1.61. The molecule has 0 saturated carbocycles. The van der Waals surface area contributed by atoms with Gasteiger partial charge in [-0.2, -0.15) is 4.98 Å². The number of carboxylic acid groups (broad SMARTS) is 1. The predicted octanol–water partition coefficient (Wildman–Crippen LogP) is 0.679. The van der Waals surface area contributed by atoms with Crippen molar-refractivity contribution in [3.8, 4) is 5.88 Å². The van der Waals surface area contributed by atoms with Gasteiger partial charge in [-0.3, -0.25) is 0 Å². The quantitative estimate of drug-likeness (QED) is 0.702. The number of carbonyl (C=O) groups is 1. The van der Waals surface area contributed by atoms with E-state index in [4.69, 9.17) is 15.6 Å². The summed E-state index contributed by atoms with van der Waals surface area (Å²) < 4.78 is 4.80. The standard InChI is InChI=1S/C8H10N2O3/c1-4-3-5(9)10-7(13-2)6(4)8(11)12/h3H,1-2H3,(H2,9,10)(H,11,12). The molecule has 1 rings (SSSR count). The number of methoxy groups -OCH3 is 1. The molecule has 1 aromatic rings. The average Bonchev–Trinajstić information content (AvgIpc) is 2.01. The van der Waals surface area contributed by atoms with Crippen LogP contribution >= 0.6 is 0 Å². The molecule has 5 heteroatoms. The molecule has 0 atom stereocenters. The summed E-state index contributed by atoms with van der Waals surface area (Å²) >= 11 is 0. The van der Waals surface area contributed by atoms with Crippen molar-refractivity contribution in [2.24, 2.45) is 0 Å². The molecule has 0 aromatic carbocycles. The van der Waals surface area contributed by atoms with Crippen LogP contribution in [0.1, 0.15) is 15.9 Å². The second-order valence-electron chi connectivity index (χ2n) is 2.55. The SMILES string of the molecule is COc1nc(N)cc(C)c1C(=O)O. The van der Waals surface area contributed by atoms with Gasteiger partial charge in [-0.05, 0) is 18.6 Å².